The van der Waals surface area contributed by atoms with Crippen LogP contribution >= 0.6 is 0 Å². The summed E-state index contributed by atoms with van der Waals surface area (Å²) in [7, 11) is 3.86. The normalized spacial score (nSPS) is 23.3. The monoisotopic (exact) mass is 130 g/mol. The van der Waals surface area contributed by atoms with Crippen molar-refractivity contribution >= 4 is 0 Å². The van der Waals surface area contributed by atoms with Gasteiger partial charge >= 0.3 is 0 Å². The van der Waals surface area contributed by atoms with E-state index in [1.807, 2.05) is 0 Å². The topological polar surface area (TPSA) is 15.7 Å². The molecule has 1 fully saturated rings. The molecule has 1 rings (SSSR count). The Morgan fingerprint density at radius 3 is 2.67 bits per heavy atom. The second-order valence-electron chi connectivity index (χ2n) is 2.53. The summed E-state index contributed by atoms with van der Waals surface area (Å²) in [5.41, 5.74) is 0. The molecule has 0 radical (unpaired) electrons. The Balaban J connectivity index is 2.14. The highest BCUT2D eigenvalue weighted by Crippen LogP contribution is 1.99. The Labute approximate surface area is 56.2 Å². The van der Waals surface area contributed by atoms with Crippen LogP contribution in [0.15, 0.2) is 0 Å². The van der Waals surface area contributed by atoms with Crippen LogP contribution in [0.5, 0.6) is 0 Å². The summed E-state index contributed by atoms with van der Waals surface area (Å²) in [6.07, 6.45) is 0. The van der Waals surface area contributed by atoms with Crippen LogP contribution in [0.1, 0.15) is 0 Å². The second kappa shape index (κ2) is 3.15. The van der Waals surface area contributed by atoms with Gasteiger partial charge in [-0.25, -0.2) is 0 Å². The molecule has 0 spiro atoms. The lowest BCUT2D eigenvalue weighted by Crippen LogP contribution is -2.24. The van der Waals surface area contributed by atoms with Gasteiger partial charge in [0.25, 0.3) is 0 Å². The van der Waals surface area contributed by atoms with Crippen LogP contribution in [0.3, 0.4) is 0 Å². The Bertz CT molecular complexity index is 85.1. The molecule has 0 aromatic heterocycles. The minimum Gasteiger partial charge on any atom is -0.369 e. The molecule has 0 unspecified atom stereocenters. The summed E-state index contributed by atoms with van der Waals surface area (Å²) in [6, 6.07) is 0. The molecule has 0 aromatic rings. The molecule has 0 saturated carbocycles. The van der Waals surface area contributed by atoms with Crippen LogP contribution in [-0.2, 0) is 4.74 Å². The van der Waals surface area contributed by atoms with Gasteiger partial charge in [-0.15, -0.1) is 0 Å². The Hall–Kier alpha value is -0.120. The lowest BCUT2D eigenvalue weighted by Gasteiger charge is -2.12. The maximum Gasteiger partial charge on any atom is 0.0997 e. The van der Waals surface area contributed by atoms with Crippen molar-refractivity contribution in [2.75, 3.05) is 40.6 Å². The Morgan fingerprint density at radius 1 is 1.44 bits per heavy atom. The molecule has 1 aliphatic heterocycles. The zero-order valence-corrected chi connectivity index (χ0v) is 6.13. The fraction of sp³-hybridized carbons (Fsp3) is 1.00. The third-order valence-electron chi connectivity index (χ3n) is 1.55. The molecule has 9 heavy (non-hydrogen) atoms. The highest BCUT2D eigenvalue weighted by Gasteiger charge is 2.14. The standard InChI is InChI=1S/C6H14N2O/c1-7-3-4-8(5-7)6-9-2/h3-6H2,1-2H3. The summed E-state index contributed by atoms with van der Waals surface area (Å²) in [4.78, 5) is 4.54. The fourth-order valence-electron chi connectivity index (χ4n) is 1.08. The van der Waals surface area contributed by atoms with Gasteiger partial charge in [0.1, 0.15) is 0 Å². The first-order chi connectivity index (χ1) is 4.33. The average molecular weight is 130 g/mol. The molecule has 1 heterocycles. The number of hydrogen-bond donors (Lipinski definition) is 0. The van der Waals surface area contributed by atoms with E-state index in [1.54, 1.807) is 7.11 Å². The molecule has 0 aromatic carbocycles. The van der Waals surface area contributed by atoms with Crippen molar-refractivity contribution < 1.29 is 4.74 Å². The third-order valence-corrected chi connectivity index (χ3v) is 1.55. The lowest BCUT2D eigenvalue weighted by molar-refractivity contribution is 0.0707. The van der Waals surface area contributed by atoms with Crippen molar-refractivity contribution in [2.45, 2.75) is 0 Å². The molecule has 0 bridgehead atoms. The minimum absolute atomic E-state index is 0.768. The Kier molecular flexibility index (Phi) is 2.45. The smallest absolute Gasteiger partial charge is 0.0997 e. The van der Waals surface area contributed by atoms with Crippen LogP contribution in [0, 0.1) is 0 Å². The van der Waals surface area contributed by atoms with Crippen LogP contribution in [0.25, 0.3) is 0 Å². The summed E-state index contributed by atoms with van der Waals surface area (Å²) in [5.74, 6) is 0. The van der Waals surface area contributed by atoms with Crippen molar-refractivity contribution in [3.63, 3.8) is 0 Å². The number of likely N-dealkylation sites (N-methyl/N-ethyl adjacent to an activating group) is 1. The summed E-state index contributed by atoms with van der Waals surface area (Å²) in [6.45, 7) is 4.13. The molecular formula is C6H14N2O. The molecule has 54 valence electrons. The van der Waals surface area contributed by atoms with Crippen molar-refractivity contribution in [1.29, 1.82) is 0 Å². The van der Waals surface area contributed by atoms with Gasteiger partial charge in [0, 0.05) is 20.2 Å². The number of hydrogen-bond acceptors (Lipinski definition) is 3. The fourth-order valence-corrected chi connectivity index (χ4v) is 1.08. The van der Waals surface area contributed by atoms with Gasteiger partial charge in [-0.3, -0.25) is 9.80 Å². The van der Waals surface area contributed by atoms with E-state index in [4.69, 9.17) is 4.74 Å². The SMILES string of the molecule is COCN1CCN(C)C1. The molecule has 0 amide bonds. The molecule has 3 heteroatoms. The van der Waals surface area contributed by atoms with Gasteiger partial charge in [-0.1, -0.05) is 0 Å². The van der Waals surface area contributed by atoms with Crippen LogP contribution in [0.4, 0.5) is 0 Å². The van der Waals surface area contributed by atoms with Gasteiger partial charge in [0.15, 0.2) is 0 Å². The molecule has 0 aliphatic carbocycles. The largest absolute Gasteiger partial charge is 0.369 e. The first-order valence-electron chi connectivity index (χ1n) is 3.23. The van der Waals surface area contributed by atoms with Gasteiger partial charge in [-0.05, 0) is 7.05 Å². The first-order valence-corrected chi connectivity index (χ1v) is 3.23. The first kappa shape index (κ1) is 6.99. The zero-order chi connectivity index (χ0) is 6.69. The molecule has 3 nitrogen and oxygen atoms in total. The number of rotatable bonds is 2. The van der Waals surface area contributed by atoms with E-state index < -0.39 is 0 Å². The van der Waals surface area contributed by atoms with Crippen molar-refractivity contribution in [3.05, 3.63) is 0 Å². The van der Waals surface area contributed by atoms with Gasteiger partial charge < -0.3 is 4.74 Å². The van der Waals surface area contributed by atoms with Gasteiger partial charge in [-0.2, -0.15) is 0 Å². The van der Waals surface area contributed by atoms with E-state index >= 15 is 0 Å². The van der Waals surface area contributed by atoms with E-state index in [2.05, 4.69) is 16.8 Å². The van der Waals surface area contributed by atoms with E-state index in [0.29, 0.717) is 0 Å². The van der Waals surface area contributed by atoms with E-state index in [1.165, 1.54) is 6.54 Å². The van der Waals surface area contributed by atoms with E-state index in [9.17, 15) is 0 Å². The lowest BCUT2D eigenvalue weighted by atomic mass is 10.6. The zero-order valence-electron chi connectivity index (χ0n) is 6.13. The molecule has 1 aliphatic rings. The van der Waals surface area contributed by atoms with Crippen LogP contribution in [0.2, 0.25) is 0 Å². The molecule has 0 N–H and O–H groups in total. The number of nitrogens with zero attached hydrogens (tertiary/aromatic N) is 2. The molecule has 0 atom stereocenters. The van der Waals surface area contributed by atoms with Crippen molar-refractivity contribution in [3.8, 4) is 0 Å². The molecular weight excluding hydrogens is 116 g/mol. The molecule has 1 saturated heterocycles. The second-order valence-corrected chi connectivity index (χ2v) is 2.53. The van der Waals surface area contributed by atoms with Crippen LogP contribution < -0.4 is 0 Å². The van der Waals surface area contributed by atoms with Crippen LogP contribution in [-0.4, -0.2) is 50.4 Å². The Morgan fingerprint density at radius 2 is 2.22 bits per heavy atom. The predicted octanol–water partition coefficient (Wildman–Crippen LogP) is -0.205. The maximum atomic E-state index is 4.97. The number of methoxy groups -OCH3 is 1. The highest BCUT2D eigenvalue weighted by molar-refractivity contribution is 4.64. The highest BCUT2D eigenvalue weighted by atomic mass is 16.5. The predicted molar refractivity (Wildman–Crippen MR) is 36.1 cm³/mol. The van der Waals surface area contributed by atoms with Crippen molar-refractivity contribution in [1.82, 2.24) is 9.80 Å². The third kappa shape index (κ3) is 1.93. The number of ether oxygens (including phenoxy) is 1. The average Bonchev–Trinajstić information content (AvgIpc) is 2.17. The summed E-state index contributed by atoms with van der Waals surface area (Å²) in [5, 5.41) is 0. The van der Waals surface area contributed by atoms with E-state index in [0.717, 1.165) is 19.9 Å². The van der Waals surface area contributed by atoms with Gasteiger partial charge in [0.05, 0.1) is 13.4 Å². The van der Waals surface area contributed by atoms with Crippen molar-refractivity contribution in [2.24, 2.45) is 0 Å². The van der Waals surface area contributed by atoms with Gasteiger partial charge in [0.2, 0.25) is 0 Å². The minimum atomic E-state index is 0.768. The maximum absolute atomic E-state index is 4.97. The van der Waals surface area contributed by atoms with E-state index in [-0.39, 0.29) is 0 Å². The summed E-state index contributed by atoms with van der Waals surface area (Å²) >= 11 is 0. The summed E-state index contributed by atoms with van der Waals surface area (Å²) < 4.78 is 4.97. The quantitative estimate of drug-likeness (QED) is 0.514.